The van der Waals surface area contributed by atoms with Crippen LogP contribution >= 0.6 is 0 Å². The van der Waals surface area contributed by atoms with Crippen LogP contribution in [0.15, 0.2) is 12.2 Å². The second kappa shape index (κ2) is 3.57. The first-order valence-electron chi connectivity index (χ1n) is 3.88. The molecule has 0 aliphatic carbocycles. The molecular weight excluding hydrogens is 191 g/mol. The molecule has 76 valence electrons. The number of amides is 4. The van der Waals surface area contributed by atoms with E-state index in [-0.39, 0.29) is 6.54 Å². The van der Waals surface area contributed by atoms with Crippen LogP contribution in [0.5, 0.6) is 0 Å². The molecule has 1 aliphatic rings. The molecule has 0 saturated carbocycles. The van der Waals surface area contributed by atoms with Crippen molar-refractivity contribution >= 4 is 17.8 Å². The van der Waals surface area contributed by atoms with Crippen molar-refractivity contribution < 1.29 is 18.8 Å². The molecular formula is C8H9FN2O3. The van der Waals surface area contributed by atoms with Gasteiger partial charge >= 0.3 is 6.03 Å². The Morgan fingerprint density at radius 3 is 2.64 bits per heavy atom. The molecule has 0 bridgehead atoms. The standard InChI is InChI=1S/C8H9FN2O3/c1-4(2)3-11-7(13)5(9)6(12)10-8(11)14/h5H,1,3H2,2H3,(H,10,12,14). The first kappa shape index (κ1) is 10.4. The highest BCUT2D eigenvalue weighted by molar-refractivity contribution is 6.18. The van der Waals surface area contributed by atoms with Crippen LogP contribution in [-0.2, 0) is 9.59 Å². The number of carbonyl (C=O) groups is 3. The lowest BCUT2D eigenvalue weighted by Crippen LogP contribution is -2.59. The van der Waals surface area contributed by atoms with Crippen molar-refractivity contribution in [1.82, 2.24) is 10.2 Å². The lowest BCUT2D eigenvalue weighted by Gasteiger charge is -2.26. The molecule has 1 N–H and O–H groups in total. The fraction of sp³-hybridized carbons (Fsp3) is 0.375. The Bertz CT molecular complexity index is 327. The normalized spacial score (nSPS) is 22.3. The molecule has 1 saturated heterocycles. The fourth-order valence-electron chi connectivity index (χ4n) is 1.00. The van der Waals surface area contributed by atoms with Gasteiger partial charge in [0.1, 0.15) is 0 Å². The third-order valence-electron chi connectivity index (χ3n) is 1.62. The molecule has 0 aromatic rings. The number of nitrogens with zero attached hydrogens (tertiary/aromatic N) is 1. The van der Waals surface area contributed by atoms with Crippen molar-refractivity contribution in [3.63, 3.8) is 0 Å². The van der Waals surface area contributed by atoms with Crippen LogP contribution < -0.4 is 5.32 Å². The Labute approximate surface area is 79.6 Å². The molecule has 1 atom stereocenters. The van der Waals surface area contributed by atoms with Crippen LogP contribution in [0.3, 0.4) is 0 Å². The Morgan fingerprint density at radius 1 is 1.57 bits per heavy atom. The molecule has 1 rings (SSSR count). The van der Waals surface area contributed by atoms with Crippen molar-refractivity contribution in [2.24, 2.45) is 0 Å². The molecule has 0 aromatic heterocycles. The minimum Gasteiger partial charge on any atom is -0.275 e. The van der Waals surface area contributed by atoms with Crippen LogP contribution in [0.2, 0.25) is 0 Å². The van der Waals surface area contributed by atoms with Crippen LogP contribution in [0.1, 0.15) is 6.92 Å². The Morgan fingerprint density at radius 2 is 2.14 bits per heavy atom. The summed E-state index contributed by atoms with van der Waals surface area (Å²) in [5.41, 5.74) is 0.523. The second-order valence-corrected chi connectivity index (χ2v) is 3.04. The molecule has 5 nitrogen and oxygen atoms in total. The van der Waals surface area contributed by atoms with Crippen molar-refractivity contribution in [1.29, 1.82) is 0 Å². The van der Waals surface area contributed by atoms with Gasteiger partial charge in [0.2, 0.25) is 0 Å². The molecule has 1 heterocycles. The van der Waals surface area contributed by atoms with Gasteiger partial charge in [-0.1, -0.05) is 12.2 Å². The van der Waals surface area contributed by atoms with E-state index in [0.717, 1.165) is 0 Å². The van der Waals surface area contributed by atoms with Gasteiger partial charge in [0.05, 0.1) is 6.54 Å². The SMILES string of the molecule is C=C(C)CN1C(=O)NC(=O)C(F)C1=O. The summed E-state index contributed by atoms with van der Waals surface area (Å²) in [6.07, 6.45) is -2.30. The number of halogens is 1. The van der Waals surface area contributed by atoms with Crippen molar-refractivity contribution in [3.05, 3.63) is 12.2 Å². The number of rotatable bonds is 2. The number of hydrogen-bond acceptors (Lipinski definition) is 3. The third-order valence-corrected chi connectivity index (χ3v) is 1.62. The lowest BCUT2D eigenvalue weighted by molar-refractivity contribution is -0.143. The molecule has 0 radical (unpaired) electrons. The van der Waals surface area contributed by atoms with Gasteiger partial charge in [-0.2, -0.15) is 0 Å². The number of nitrogens with one attached hydrogen (secondary N) is 1. The van der Waals surface area contributed by atoms with E-state index < -0.39 is 24.0 Å². The number of carbonyl (C=O) groups excluding carboxylic acids is 3. The molecule has 14 heavy (non-hydrogen) atoms. The molecule has 1 fully saturated rings. The van der Waals surface area contributed by atoms with Gasteiger partial charge in [0.15, 0.2) is 0 Å². The van der Waals surface area contributed by atoms with Gasteiger partial charge in [-0.05, 0) is 6.92 Å². The first-order chi connectivity index (χ1) is 6.43. The van der Waals surface area contributed by atoms with E-state index in [1.54, 1.807) is 12.2 Å². The molecule has 6 heteroatoms. The highest BCUT2D eigenvalue weighted by atomic mass is 19.1. The number of imide groups is 2. The zero-order chi connectivity index (χ0) is 10.9. The van der Waals surface area contributed by atoms with E-state index in [0.29, 0.717) is 10.5 Å². The van der Waals surface area contributed by atoms with E-state index in [1.807, 2.05) is 0 Å². The van der Waals surface area contributed by atoms with Crippen molar-refractivity contribution in [2.45, 2.75) is 13.1 Å². The summed E-state index contributed by atoms with van der Waals surface area (Å²) in [7, 11) is 0. The van der Waals surface area contributed by atoms with Crippen molar-refractivity contribution in [2.75, 3.05) is 6.54 Å². The molecule has 0 aromatic carbocycles. The smallest absolute Gasteiger partial charge is 0.275 e. The Balaban J connectivity index is 2.84. The summed E-state index contributed by atoms with van der Waals surface area (Å²) in [5.74, 6) is -2.35. The van der Waals surface area contributed by atoms with Crippen LogP contribution in [0.4, 0.5) is 9.18 Å². The summed E-state index contributed by atoms with van der Waals surface area (Å²) < 4.78 is 12.9. The fourth-order valence-corrected chi connectivity index (χ4v) is 1.00. The summed E-state index contributed by atoms with van der Waals surface area (Å²) in [6, 6.07) is -0.906. The maximum absolute atomic E-state index is 12.9. The quantitative estimate of drug-likeness (QED) is 0.503. The maximum atomic E-state index is 12.9. The van der Waals surface area contributed by atoms with E-state index in [2.05, 4.69) is 6.58 Å². The highest BCUT2D eigenvalue weighted by Crippen LogP contribution is 2.08. The van der Waals surface area contributed by atoms with Crippen LogP contribution in [0, 0.1) is 0 Å². The number of alkyl halides is 1. The Kier molecular flexibility index (Phi) is 2.64. The number of urea groups is 1. The predicted molar refractivity (Wildman–Crippen MR) is 45.0 cm³/mol. The molecule has 0 spiro atoms. The van der Waals surface area contributed by atoms with Gasteiger partial charge in [-0.25, -0.2) is 9.18 Å². The molecule has 1 unspecified atom stereocenters. The molecule has 4 amide bonds. The van der Waals surface area contributed by atoms with Gasteiger partial charge in [0, 0.05) is 0 Å². The van der Waals surface area contributed by atoms with Gasteiger partial charge in [-0.3, -0.25) is 19.8 Å². The maximum Gasteiger partial charge on any atom is 0.331 e. The second-order valence-electron chi connectivity index (χ2n) is 3.04. The van der Waals surface area contributed by atoms with Gasteiger partial charge in [-0.15, -0.1) is 0 Å². The van der Waals surface area contributed by atoms with E-state index >= 15 is 0 Å². The van der Waals surface area contributed by atoms with Gasteiger partial charge in [0.25, 0.3) is 18.0 Å². The van der Waals surface area contributed by atoms with Crippen LogP contribution in [-0.4, -0.2) is 35.5 Å². The van der Waals surface area contributed by atoms with E-state index in [9.17, 15) is 18.8 Å². The molecule has 1 aliphatic heterocycles. The Hall–Kier alpha value is -1.72. The largest absolute Gasteiger partial charge is 0.331 e. The summed E-state index contributed by atoms with van der Waals surface area (Å²) in [6.45, 7) is 4.98. The average Bonchev–Trinajstić information content (AvgIpc) is 2.09. The predicted octanol–water partition coefficient (Wildman–Crippen LogP) is -0.0210. The summed E-state index contributed by atoms with van der Waals surface area (Å²) in [5, 5.41) is 1.73. The lowest BCUT2D eigenvalue weighted by atomic mass is 10.2. The zero-order valence-electron chi connectivity index (χ0n) is 7.54. The first-order valence-corrected chi connectivity index (χ1v) is 3.88. The van der Waals surface area contributed by atoms with Crippen LogP contribution in [0.25, 0.3) is 0 Å². The topological polar surface area (TPSA) is 66.5 Å². The van der Waals surface area contributed by atoms with Crippen molar-refractivity contribution in [3.8, 4) is 0 Å². The van der Waals surface area contributed by atoms with E-state index in [4.69, 9.17) is 0 Å². The highest BCUT2D eigenvalue weighted by Gasteiger charge is 2.40. The monoisotopic (exact) mass is 200 g/mol. The zero-order valence-corrected chi connectivity index (χ0v) is 7.54. The number of hydrogen-bond donors (Lipinski definition) is 1. The minimum absolute atomic E-state index is 0.0850. The summed E-state index contributed by atoms with van der Waals surface area (Å²) >= 11 is 0. The van der Waals surface area contributed by atoms with Gasteiger partial charge < -0.3 is 0 Å². The minimum atomic E-state index is -2.30. The summed E-state index contributed by atoms with van der Waals surface area (Å²) in [4.78, 5) is 33.5. The average molecular weight is 200 g/mol. The third kappa shape index (κ3) is 1.78. The van der Waals surface area contributed by atoms with E-state index in [1.165, 1.54) is 0 Å². The number of barbiturate groups is 1.